The van der Waals surface area contributed by atoms with Crippen LogP contribution < -0.4 is 4.74 Å². The lowest BCUT2D eigenvalue weighted by Gasteiger charge is -2.09. The number of nitro benzene ring substituents is 1. The van der Waals surface area contributed by atoms with Crippen LogP contribution in [0.25, 0.3) is 0 Å². The van der Waals surface area contributed by atoms with Crippen LogP contribution in [-0.2, 0) is 0 Å². The second-order valence-corrected chi connectivity index (χ2v) is 6.41. The number of carboxylic acid groups (broad SMARTS) is 1. The van der Waals surface area contributed by atoms with Gasteiger partial charge in [0.05, 0.1) is 4.92 Å². The van der Waals surface area contributed by atoms with E-state index in [1.807, 2.05) is 45.2 Å². The van der Waals surface area contributed by atoms with Gasteiger partial charge in [-0.15, -0.1) is 0 Å². The van der Waals surface area contributed by atoms with E-state index in [1.54, 1.807) is 12.1 Å². The predicted molar refractivity (Wildman–Crippen MR) is 92.0 cm³/mol. The molecule has 0 aliphatic heterocycles. The van der Waals surface area contributed by atoms with E-state index in [4.69, 9.17) is 4.74 Å². The molecule has 0 radical (unpaired) electrons. The fourth-order valence-corrected chi connectivity index (χ4v) is 2.56. The first-order chi connectivity index (χ1) is 9.88. The number of hydrogen-bond acceptors (Lipinski definition) is 4. The normalized spacial score (nSPS) is 10.2. The molecule has 108 valence electrons. The molecule has 2 aromatic rings. The highest BCUT2D eigenvalue weighted by Crippen LogP contribution is 2.34. The minimum atomic E-state index is -1.16. The molecular formula is C13H7I2NO5. The van der Waals surface area contributed by atoms with E-state index >= 15 is 0 Å². The van der Waals surface area contributed by atoms with Gasteiger partial charge in [0, 0.05) is 13.2 Å². The van der Waals surface area contributed by atoms with Gasteiger partial charge >= 0.3 is 11.7 Å². The molecule has 0 aromatic heterocycles. The molecule has 2 aromatic carbocycles. The van der Waals surface area contributed by atoms with Crippen molar-refractivity contribution in [2.45, 2.75) is 0 Å². The summed E-state index contributed by atoms with van der Waals surface area (Å²) < 4.78 is 6.86. The van der Waals surface area contributed by atoms with Gasteiger partial charge in [-0.2, -0.15) is 0 Å². The molecule has 0 bridgehead atoms. The maximum Gasteiger partial charge on any atom is 0.339 e. The van der Waals surface area contributed by atoms with E-state index in [0.29, 0.717) is 3.57 Å². The summed E-state index contributed by atoms with van der Waals surface area (Å²) in [4.78, 5) is 21.7. The molecule has 0 spiro atoms. The highest BCUT2D eigenvalue weighted by Gasteiger charge is 2.19. The monoisotopic (exact) mass is 511 g/mol. The lowest BCUT2D eigenvalue weighted by Crippen LogP contribution is -2.02. The molecular weight excluding hydrogens is 504 g/mol. The molecule has 0 unspecified atom stereocenters. The Kier molecular flexibility index (Phi) is 4.98. The van der Waals surface area contributed by atoms with Crippen molar-refractivity contribution in [1.29, 1.82) is 0 Å². The summed E-state index contributed by atoms with van der Waals surface area (Å²) in [7, 11) is 0. The Morgan fingerprint density at radius 2 is 1.67 bits per heavy atom. The average molecular weight is 511 g/mol. The van der Waals surface area contributed by atoms with E-state index in [0.717, 1.165) is 3.57 Å². The minimum Gasteiger partial charge on any atom is -0.478 e. The smallest absolute Gasteiger partial charge is 0.339 e. The Hall–Kier alpha value is -1.43. The molecule has 0 atom stereocenters. The predicted octanol–water partition coefficient (Wildman–Crippen LogP) is 4.29. The molecule has 6 nitrogen and oxygen atoms in total. The van der Waals surface area contributed by atoms with E-state index in [2.05, 4.69) is 0 Å². The van der Waals surface area contributed by atoms with Gasteiger partial charge in [0.15, 0.2) is 0 Å². The molecule has 1 N–H and O–H groups in total. The highest BCUT2D eigenvalue weighted by atomic mass is 127. The van der Waals surface area contributed by atoms with Crippen molar-refractivity contribution in [2.24, 2.45) is 0 Å². The van der Waals surface area contributed by atoms with E-state index in [-0.39, 0.29) is 22.7 Å². The van der Waals surface area contributed by atoms with Crippen LogP contribution in [0.3, 0.4) is 0 Å². The number of carbonyl (C=O) groups is 1. The first-order valence-electron chi connectivity index (χ1n) is 5.53. The van der Waals surface area contributed by atoms with Gasteiger partial charge in [0.25, 0.3) is 0 Å². The third kappa shape index (κ3) is 3.81. The van der Waals surface area contributed by atoms with Crippen LogP contribution in [0.5, 0.6) is 11.5 Å². The summed E-state index contributed by atoms with van der Waals surface area (Å²) >= 11 is 3.93. The maximum absolute atomic E-state index is 11.2. The molecule has 21 heavy (non-hydrogen) atoms. The average Bonchev–Trinajstić information content (AvgIpc) is 2.42. The van der Waals surface area contributed by atoms with E-state index in [9.17, 15) is 20.0 Å². The van der Waals surface area contributed by atoms with Gasteiger partial charge in [-0.25, -0.2) is 4.79 Å². The van der Waals surface area contributed by atoms with Crippen LogP contribution in [0.2, 0.25) is 0 Å². The summed E-state index contributed by atoms with van der Waals surface area (Å²) in [6.07, 6.45) is 0. The van der Waals surface area contributed by atoms with Gasteiger partial charge in [-0.05, 0) is 75.5 Å². The Morgan fingerprint density at radius 3 is 2.24 bits per heavy atom. The fourth-order valence-electron chi connectivity index (χ4n) is 1.60. The van der Waals surface area contributed by atoms with Crippen molar-refractivity contribution in [3.8, 4) is 11.5 Å². The lowest BCUT2D eigenvalue weighted by molar-refractivity contribution is -0.385. The Balaban J connectivity index is 2.48. The zero-order chi connectivity index (χ0) is 15.6. The molecule has 0 aliphatic carbocycles. The Labute approximate surface area is 146 Å². The molecule has 0 heterocycles. The highest BCUT2D eigenvalue weighted by molar-refractivity contribution is 14.1. The SMILES string of the molecule is O=C(O)c1cc(I)ccc1Oc1ccc(I)cc1[N+](=O)[O-]. The van der Waals surface area contributed by atoms with Crippen molar-refractivity contribution < 1.29 is 19.6 Å². The number of rotatable bonds is 4. The number of benzene rings is 2. The zero-order valence-corrected chi connectivity index (χ0v) is 14.6. The summed E-state index contributed by atoms with van der Waals surface area (Å²) in [6.45, 7) is 0. The third-order valence-corrected chi connectivity index (χ3v) is 3.85. The number of nitro groups is 1. The van der Waals surface area contributed by atoms with Crippen LogP contribution in [0.4, 0.5) is 5.69 Å². The number of carboxylic acids is 1. The molecule has 0 aliphatic rings. The molecule has 0 amide bonds. The first-order valence-corrected chi connectivity index (χ1v) is 7.69. The van der Waals surface area contributed by atoms with Crippen LogP contribution in [0.1, 0.15) is 10.4 Å². The fraction of sp³-hybridized carbons (Fsp3) is 0. The van der Waals surface area contributed by atoms with Crippen molar-refractivity contribution in [1.82, 2.24) is 0 Å². The summed E-state index contributed by atoms with van der Waals surface area (Å²) in [5, 5.41) is 20.2. The summed E-state index contributed by atoms with van der Waals surface area (Å²) in [6, 6.07) is 9.05. The van der Waals surface area contributed by atoms with Gasteiger partial charge in [-0.1, -0.05) is 0 Å². The lowest BCUT2D eigenvalue weighted by atomic mass is 10.2. The molecule has 2 rings (SSSR count). The quantitative estimate of drug-likeness (QED) is 0.376. The van der Waals surface area contributed by atoms with E-state index < -0.39 is 10.9 Å². The molecule has 0 fully saturated rings. The summed E-state index contributed by atoms with van der Waals surface area (Å²) in [5.41, 5.74) is -0.258. The van der Waals surface area contributed by atoms with Gasteiger partial charge in [0.2, 0.25) is 5.75 Å². The number of hydrogen-bond donors (Lipinski definition) is 1. The largest absolute Gasteiger partial charge is 0.478 e. The number of nitrogens with zero attached hydrogens (tertiary/aromatic N) is 1. The van der Waals surface area contributed by atoms with Crippen LogP contribution in [0, 0.1) is 17.3 Å². The van der Waals surface area contributed by atoms with Crippen LogP contribution in [-0.4, -0.2) is 16.0 Å². The Bertz CT molecular complexity index is 671. The van der Waals surface area contributed by atoms with Crippen molar-refractivity contribution in [3.05, 3.63) is 59.2 Å². The Morgan fingerprint density at radius 1 is 1.10 bits per heavy atom. The summed E-state index contributed by atoms with van der Waals surface area (Å²) in [5.74, 6) is -1.09. The van der Waals surface area contributed by atoms with Gasteiger partial charge < -0.3 is 9.84 Å². The maximum atomic E-state index is 11.2. The van der Waals surface area contributed by atoms with Crippen molar-refractivity contribution >= 4 is 56.8 Å². The zero-order valence-electron chi connectivity index (χ0n) is 10.2. The standard InChI is InChI=1S/C13H7I2NO5/c14-7-1-3-11(9(5-7)13(17)18)21-12-4-2-8(15)6-10(12)16(19)20/h1-6H,(H,17,18). The number of ether oxygens (including phenoxy) is 1. The van der Waals surface area contributed by atoms with Crippen molar-refractivity contribution in [3.63, 3.8) is 0 Å². The molecule has 0 saturated carbocycles. The second-order valence-electron chi connectivity index (χ2n) is 3.92. The van der Waals surface area contributed by atoms with Gasteiger partial charge in [0.1, 0.15) is 11.3 Å². The second kappa shape index (κ2) is 6.56. The molecule has 8 heteroatoms. The third-order valence-electron chi connectivity index (χ3n) is 2.51. The van der Waals surface area contributed by atoms with Gasteiger partial charge in [-0.3, -0.25) is 10.1 Å². The minimum absolute atomic E-state index is 0.00382. The topological polar surface area (TPSA) is 89.7 Å². The number of halogens is 2. The van der Waals surface area contributed by atoms with Crippen LogP contribution >= 0.6 is 45.2 Å². The molecule has 0 saturated heterocycles. The van der Waals surface area contributed by atoms with Crippen molar-refractivity contribution in [2.75, 3.05) is 0 Å². The van der Waals surface area contributed by atoms with E-state index in [1.165, 1.54) is 24.3 Å². The first kappa shape index (κ1) is 15.9. The number of aromatic carboxylic acids is 1. The van der Waals surface area contributed by atoms with Crippen LogP contribution in [0.15, 0.2) is 36.4 Å².